The second-order valence-corrected chi connectivity index (χ2v) is 3.23. The second kappa shape index (κ2) is 5.73. The first-order valence-corrected chi connectivity index (χ1v) is 4.91. The van der Waals surface area contributed by atoms with E-state index in [2.05, 4.69) is 5.32 Å². The zero-order chi connectivity index (χ0) is 10.4. The summed E-state index contributed by atoms with van der Waals surface area (Å²) in [7, 11) is 1.62. The number of aliphatic hydroxyl groups excluding tert-OH is 1. The largest absolute Gasteiger partial charge is 0.497 e. The van der Waals surface area contributed by atoms with E-state index in [1.165, 1.54) is 0 Å². The number of methoxy groups -OCH3 is 1. The highest BCUT2D eigenvalue weighted by Crippen LogP contribution is 2.16. The van der Waals surface area contributed by atoms with E-state index in [1.807, 2.05) is 24.3 Å². The van der Waals surface area contributed by atoms with Crippen LogP contribution in [-0.2, 0) is 0 Å². The minimum Gasteiger partial charge on any atom is -0.497 e. The lowest BCUT2D eigenvalue weighted by Gasteiger charge is -2.10. The maximum absolute atomic E-state index is 9.22. The van der Waals surface area contributed by atoms with E-state index >= 15 is 0 Å². The highest BCUT2D eigenvalue weighted by atomic mass is 35.5. The number of alkyl halides is 1. The van der Waals surface area contributed by atoms with Crippen LogP contribution in [0.4, 0.5) is 5.69 Å². The lowest BCUT2D eigenvalue weighted by molar-refractivity contribution is 0.211. The van der Waals surface area contributed by atoms with Gasteiger partial charge in [0.15, 0.2) is 0 Å². The molecule has 2 N–H and O–H groups in total. The summed E-state index contributed by atoms with van der Waals surface area (Å²) in [5.74, 6) is 1.02. The van der Waals surface area contributed by atoms with Gasteiger partial charge in [-0.15, -0.1) is 11.6 Å². The zero-order valence-corrected chi connectivity index (χ0v) is 8.79. The predicted molar refractivity (Wildman–Crippen MR) is 58.2 cm³/mol. The number of hydrogen-bond donors (Lipinski definition) is 2. The van der Waals surface area contributed by atoms with E-state index in [9.17, 15) is 5.11 Å². The van der Waals surface area contributed by atoms with Gasteiger partial charge < -0.3 is 15.2 Å². The molecule has 0 aliphatic rings. The fraction of sp³-hybridized carbons (Fsp3) is 0.400. The summed E-state index contributed by atoms with van der Waals surface area (Å²) in [6, 6.07) is 7.52. The first kappa shape index (κ1) is 11.1. The van der Waals surface area contributed by atoms with Gasteiger partial charge in [0.1, 0.15) is 5.75 Å². The molecule has 0 saturated carbocycles. The van der Waals surface area contributed by atoms with Crippen molar-refractivity contribution in [1.82, 2.24) is 0 Å². The summed E-state index contributed by atoms with van der Waals surface area (Å²) >= 11 is 5.46. The Labute approximate surface area is 88.7 Å². The van der Waals surface area contributed by atoms with Gasteiger partial charge >= 0.3 is 0 Å². The van der Waals surface area contributed by atoms with Crippen molar-refractivity contribution >= 4 is 17.3 Å². The molecule has 0 saturated heterocycles. The van der Waals surface area contributed by atoms with Crippen LogP contribution < -0.4 is 10.1 Å². The van der Waals surface area contributed by atoms with E-state index in [4.69, 9.17) is 16.3 Å². The van der Waals surface area contributed by atoms with E-state index in [-0.39, 0.29) is 5.88 Å². The maximum Gasteiger partial charge on any atom is 0.120 e. The molecule has 0 radical (unpaired) electrons. The Bertz CT molecular complexity index is 281. The Morgan fingerprint density at radius 1 is 1.57 bits per heavy atom. The van der Waals surface area contributed by atoms with Gasteiger partial charge in [-0.1, -0.05) is 6.07 Å². The summed E-state index contributed by atoms with van der Waals surface area (Å²) in [5, 5.41) is 12.3. The van der Waals surface area contributed by atoms with E-state index in [0.717, 1.165) is 11.4 Å². The number of hydrogen-bond acceptors (Lipinski definition) is 3. The van der Waals surface area contributed by atoms with Gasteiger partial charge in [0.05, 0.1) is 19.1 Å². The molecule has 1 unspecified atom stereocenters. The van der Waals surface area contributed by atoms with Crippen molar-refractivity contribution in [3.05, 3.63) is 24.3 Å². The Kier molecular flexibility index (Phi) is 4.56. The minimum absolute atomic E-state index is 0.233. The summed E-state index contributed by atoms with van der Waals surface area (Å²) in [4.78, 5) is 0. The smallest absolute Gasteiger partial charge is 0.120 e. The highest BCUT2D eigenvalue weighted by Gasteiger charge is 2.01. The molecule has 1 aromatic rings. The molecule has 0 bridgehead atoms. The van der Waals surface area contributed by atoms with Crippen LogP contribution in [0.3, 0.4) is 0 Å². The van der Waals surface area contributed by atoms with E-state index in [1.54, 1.807) is 7.11 Å². The molecule has 0 spiro atoms. The molecular formula is C10H14ClNO2. The van der Waals surface area contributed by atoms with Crippen LogP contribution in [0, 0.1) is 0 Å². The standard InChI is InChI=1S/C10H14ClNO2/c1-14-10-4-2-3-8(5-10)12-7-9(13)6-11/h2-5,9,12-13H,6-7H2,1H3. The third-order valence-corrected chi connectivity index (χ3v) is 2.15. The molecule has 0 aliphatic heterocycles. The summed E-state index contributed by atoms with van der Waals surface area (Å²) < 4.78 is 5.06. The third kappa shape index (κ3) is 3.44. The van der Waals surface area contributed by atoms with Crippen LogP contribution in [0.5, 0.6) is 5.75 Å². The fourth-order valence-electron chi connectivity index (χ4n) is 1.02. The summed E-state index contributed by atoms with van der Waals surface area (Å²) in [6.07, 6.45) is -0.525. The zero-order valence-electron chi connectivity index (χ0n) is 8.03. The number of halogens is 1. The third-order valence-electron chi connectivity index (χ3n) is 1.79. The molecule has 0 aromatic heterocycles. The van der Waals surface area contributed by atoms with Gasteiger partial charge in [-0.05, 0) is 12.1 Å². The van der Waals surface area contributed by atoms with Crippen LogP contribution in [0.15, 0.2) is 24.3 Å². The molecule has 0 aliphatic carbocycles. The number of aliphatic hydroxyl groups is 1. The predicted octanol–water partition coefficient (Wildman–Crippen LogP) is 1.71. The van der Waals surface area contributed by atoms with Crippen molar-refractivity contribution in [2.75, 3.05) is 24.9 Å². The van der Waals surface area contributed by atoms with Crippen LogP contribution in [0.2, 0.25) is 0 Å². The van der Waals surface area contributed by atoms with Crippen molar-refractivity contribution in [3.8, 4) is 5.75 Å². The summed E-state index contributed by atoms with van der Waals surface area (Å²) in [6.45, 7) is 0.441. The average Bonchev–Trinajstić information content (AvgIpc) is 2.26. The Morgan fingerprint density at radius 3 is 3.00 bits per heavy atom. The lowest BCUT2D eigenvalue weighted by Crippen LogP contribution is -2.20. The molecule has 0 fully saturated rings. The van der Waals surface area contributed by atoms with Crippen molar-refractivity contribution < 1.29 is 9.84 Å². The Morgan fingerprint density at radius 2 is 2.36 bits per heavy atom. The first-order chi connectivity index (χ1) is 6.76. The van der Waals surface area contributed by atoms with Crippen LogP contribution >= 0.6 is 11.6 Å². The Hall–Kier alpha value is -0.930. The molecule has 4 heteroatoms. The van der Waals surface area contributed by atoms with Crippen LogP contribution in [-0.4, -0.2) is 30.7 Å². The van der Waals surface area contributed by atoms with Crippen molar-refractivity contribution in [1.29, 1.82) is 0 Å². The maximum atomic E-state index is 9.22. The molecule has 78 valence electrons. The molecule has 1 aromatic carbocycles. The summed E-state index contributed by atoms with van der Waals surface area (Å²) in [5.41, 5.74) is 0.911. The first-order valence-electron chi connectivity index (χ1n) is 4.38. The van der Waals surface area contributed by atoms with E-state index in [0.29, 0.717) is 6.54 Å². The normalized spacial score (nSPS) is 12.2. The lowest BCUT2D eigenvalue weighted by atomic mass is 10.3. The van der Waals surface area contributed by atoms with Crippen LogP contribution in [0.1, 0.15) is 0 Å². The molecule has 1 rings (SSSR count). The minimum atomic E-state index is -0.525. The number of rotatable bonds is 5. The van der Waals surface area contributed by atoms with Gasteiger partial charge in [-0.25, -0.2) is 0 Å². The average molecular weight is 216 g/mol. The Balaban J connectivity index is 2.50. The number of anilines is 1. The number of nitrogens with one attached hydrogen (secondary N) is 1. The van der Waals surface area contributed by atoms with Gasteiger partial charge in [-0.3, -0.25) is 0 Å². The molecule has 14 heavy (non-hydrogen) atoms. The van der Waals surface area contributed by atoms with Crippen molar-refractivity contribution in [2.24, 2.45) is 0 Å². The van der Waals surface area contributed by atoms with Crippen molar-refractivity contribution in [2.45, 2.75) is 6.10 Å². The quantitative estimate of drug-likeness (QED) is 0.735. The monoisotopic (exact) mass is 215 g/mol. The SMILES string of the molecule is COc1cccc(NCC(O)CCl)c1. The number of ether oxygens (including phenoxy) is 1. The highest BCUT2D eigenvalue weighted by molar-refractivity contribution is 6.18. The van der Waals surface area contributed by atoms with Gasteiger partial charge in [0.25, 0.3) is 0 Å². The van der Waals surface area contributed by atoms with Crippen molar-refractivity contribution in [3.63, 3.8) is 0 Å². The van der Waals surface area contributed by atoms with Gasteiger partial charge in [0, 0.05) is 18.3 Å². The molecule has 0 amide bonds. The molecular weight excluding hydrogens is 202 g/mol. The van der Waals surface area contributed by atoms with E-state index < -0.39 is 6.10 Å². The van der Waals surface area contributed by atoms with Crippen LogP contribution in [0.25, 0.3) is 0 Å². The van der Waals surface area contributed by atoms with Gasteiger partial charge in [0.2, 0.25) is 0 Å². The fourth-order valence-corrected chi connectivity index (χ4v) is 1.13. The molecule has 3 nitrogen and oxygen atoms in total. The topological polar surface area (TPSA) is 41.5 Å². The number of benzene rings is 1. The molecule has 1 atom stereocenters. The van der Waals surface area contributed by atoms with Gasteiger partial charge in [-0.2, -0.15) is 0 Å². The molecule has 0 heterocycles. The second-order valence-electron chi connectivity index (χ2n) is 2.92.